The molecule has 1 aromatic rings. The molecule has 0 atom stereocenters. The van der Waals surface area contributed by atoms with Crippen LogP contribution in [0.4, 0.5) is 0 Å². The number of nitrogens with zero attached hydrogens (tertiary/aromatic N) is 1. The summed E-state index contributed by atoms with van der Waals surface area (Å²) in [4.78, 5) is 2.37. The lowest BCUT2D eigenvalue weighted by molar-refractivity contribution is 0.251. The molecule has 3 heteroatoms. The van der Waals surface area contributed by atoms with Crippen molar-refractivity contribution < 1.29 is 4.42 Å². The zero-order chi connectivity index (χ0) is 10.7. The van der Waals surface area contributed by atoms with Crippen molar-refractivity contribution >= 4 is 0 Å². The standard InChI is InChI=1S/C12H20N2O/c1-10-12(4-6-15-10)9-14(2)5-3-11-7-13-8-11/h4,6,11,13H,3,5,7-9H2,1-2H3. The van der Waals surface area contributed by atoms with Crippen LogP contribution in [0, 0.1) is 12.8 Å². The second-order valence-corrected chi connectivity index (χ2v) is 4.55. The van der Waals surface area contributed by atoms with Gasteiger partial charge in [-0.05, 0) is 52.0 Å². The van der Waals surface area contributed by atoms with Gasteiger partial charge >= 0.3 is 0 Å². The molecule has 0 aromatic carbocycles. The highest BCUT2D eigenvalue weighted by molar-refractivity contribution is 5.14. The third-order valence-electron chi connectivity index (χ3n) is 3.19. The van der Waals surface area contributed by atoms with E-state index in [4.69, 9.17) is 4.42 Å². The fourth-order valence-electron chi connectivity index (χ4n) is 1.90. The Morgan fingerprint density at radius 1 is 1.53 bits per heavy atom. The highest BCUT2D eigenvalue weighted by Gasteiger charge is 2.16. The van der Waals surface area contributed by atoms with Gasteiger partial charge in [0.25, 0.3) is 0 Å². The minimum absolute atomic E-state index is 0.901. The van der Waals surface area contributed by atoms with Crippen molar-refractivity contribution in [1.82, 2.24) is 10.2 Å². The summed E-state index contributed by atoms with van der Waals surface area (Å²) in [5, 5.41) is 3.31. The molecule has 1 aliphatic heterocycles. The zero-order valence-electron chi connectivity index (χ0n) is 9.62. The first-order valence-electron chi connectivity index (χ1n) is 5.68. The van der Waals surface area contributed by atoms with Crippen molar-refractivity contribution in [3.63, 3.8) is 0 Å². The van der Waals surface area contributed by atoms with Crippen molar-refractivity contribution in [3.8, 4) is 0 Å². The Kier molecular flexibility index (Phi) is 3.44. The van der Waals surface area contributed by atoms with Gasteiger partial charge in [-0.1, -0.05) is 0 Å². The summed E-state index contributed by atoms with van der Waals surface area (Å²) < 4.78 is 5.29. The predicted molar refractivity (Wildman–Crippen MR) is 60.8 cm³/mol. The SMILES string of the molecule is Cc1occc1CN(C)CCC1CNC1. The van der Waals surface area contributed by atoms with Crippen LogP contribution in [-0.2, 0) is 6.54 Å². The molecule has 84 valence electrons. The highest BCUT2D eigenvalue weighted by atomic mass is 16.3. The van der Waals surface area contributed by atoms with E-state index in [2.05, 4.69) is 23.3 Å². The van der Waals surface area contributed by atoms with E-state index in [0.717, 1.165) is 18.2 Å². The maximum absolute atomic E-state index is 5.29. The van der Waals surface area contributed by atoms with Crippen LogP contribution in [0.15, 0.2) is 16.7 Å². The molecular weight excluding hydrogens is 188 g/mol. The first-order chi connectivity index (χ1) is 7.25. The van der Waals surface area contributed by atoms with Crippen molar-refractivity contribution in [2.45, 2.75) is 19.9 Å². The van der Waals surface area contributed by atoms with Gasteiger partial charge in [-0.3, -0.25) is 0 Å². The Labute approximate surface area is 91.4 Å². The van der Waals surface area contributed by atoms with Crippen molar-refractivity contribution in [2.75, 3.05) is 26.7 Å². The topological polar surface area (TPSA) is 28.4 Å². The second kappa shape index (κ2) is 4.81. The summed E-state index contributed by atoms with van der Waals surface area (Å²) in [7, 11) is 2.18. The summed E-state index contributed by atoms with van der Waals surface area (Å²) in [5.74, 6) is 1.95. The van der Waals surface area contributed by atoms with Crippen LogP contribution < -0.4 is 5.32 Å². The number of nitrogens with one attached hydrogen (secondary N) is 1. The van der Waals surface area contributed by atoms with Crippen LogP contribution in [0.3, 0.4) is 0 Å². The number of aryl methyl sites for hydroxylation is 1. The Hall–Kier alpha value is -0.800. The molecular formula is C12H20N2O. The molecule has 15 heavy (non-hydrogen) atoms. The average Bonchev–Trinajstić information content (AvgIpc) is 2.49. The molecule has 3 nitrogen and oxygen atoms in total. The van der Waals surface area contributed by atoms with Gasteiger partial charge in [-0.2, -0.15) is 0 Å². The molecule has 2 rings (SSSR count). The first-order valence-corrected chi connectivity index (χ1v) is 5.68. The molecule has 0 aliphatic carbocycles. The molecule has 1 fully saturated rings. The Morgan fingerprint density at radius 3 is 2.87 bits per heavy atom. The van der Waals surface area contributed by atoms with Crippen LogP contribution >= 0.6 is 0 Å². The van der Waals surface area contributed by atoms with Crippen LogP contribution in [0.1, 0.15) is 17.7 Å². The van der Waals surface area contributed by atoms with E-state index in [9.17, 15) is 0 Å². The smallest absolute Gasteiger partial charge is 0.105 e. The third kappa shape index (κ3) is 2.83. The first kappa shape index (κ1) is 10.7. The maximum Gasteiger partial charge on any atom is 0.105 e. The van der Waals surface area contributed by atoms with Gasteiger partial charge in [0.05, 0.1) is 6.26 Å². The van der Waals surface area contributed by atoms with Gasteiger partial charge in [-0.15, -0.1) is 0 Å². The van der Waals surface area contributed by atoms with Crippen molar-refractivity contribution in [2.24, 2.45) is 5.92 Å². The second-order valence-electron chi connectivity index (χ2n) is 4.55. The van der Waals surface area contributed by atoms with Crippen LogP contribution in [0.25, 0.3) is 0 Å². The van der Waals surface area contributed by atoms with Crippen LogP contribution in [0.5, 0.6) is 0 Å². The number of rotatable bonds is 5. The minimum Gasteiger partial charge on any atom is -0.469 e. The summed E-state index contributed by atoms with van der Waals surface area (Å²) >= 11 is 0. The molecule has 1 aliphatic rings. The normalized spacial score (nSPS) is 17.0. The van der Waals surface area contributed by atoms with Crippen LogP contribution in [0.2, 0.25) is 0 Å². The molecule has 0 saturated carbocycles. The fourth-order valence-corrected chi connectivity index (χ4v) is 1.90. The Balaban J connectivity index is 1.71. The summed E-state index contributed by atoms with van der Waals surface area (Å²) in [5.41, 5.74) is 1.31. The molecule has 1 saturated heterocycles. The van der Waals surface area contributed by atoms with Gasteiger partial charge in [-0.25, -0.2) is 0 Å². The maximum atomic E-state index is 5.29. The van der Waals surface area contributed by atoms with Gasteiger partial charge in [0, 0.05) is 12.1 Å². The van der Waals surface area contributed by atoms with Gasteiger partial charge in [0.2, 0.25) is 0 Å². The lowest BCUT2D eigenvalue weighted by Gasteiger charge is -2.28. The van der Waals surface area contributed by atoms with Gasteiger partial charge in [0.1, 0.15) is 5.76 Å². The summed E-state index contributed by atoms with van der Waals surface area (Å²) in [6, 6.07) is 2.07. The number of hydrogen-bond acceptors (Lipinski definition) is 3. The largest absolute Gasteiger partial charge is 0.469 e. The molecule has 1 aromatic heterocycles. The van der Waals surface area contributed by atoms with Gasteiger partial charge < -0.3 is 14.6 Å². The lowest BCUT2D eigenvalue weighted by Crippen LogP contribution is -2.43. The van der Waals surface area contributed by atoms with E-state index < -0.39 is 0 Å². The summed E-state index contributed by atoms with van der Waals surface area (Å²) in [6.07, 6.45) is 3.08. The van der Waals surface area contributed by atoms with Crippen molar-refractivity contribution in [1.29, 1.82) is 0 Å². The minimum atomic E-state index is 0.901. The lowest BCUT2D eigenvalue weighted by atomic mass is 9.99. The summed E-state index contributed by atoms with van der Waals surface area (Å²) in [6.45, 7) is 6.62. The Morgan fingerprint density at radius 2 is 2.33 bits per heavy atom. The quantitative estimate of drug-likeness (QED) is 0.797. The number of hydrogen-bond donors (Lipinski definition) is 1. The van der Waals surface area contributed by atoms with Gasteiger partial charge in [0.15, 0.2) is 0 Å². The van der Waals surface area contributed by atoms with Crippen molar-refractivity contribution in [3.05, 3.63) is 23.7 Å². The van der Waals surface area contributed by atoms with E-state index in [-0.39, 0.29) is 0 Å². The molecule has 2 heterocycles. The molecule has 1 N–H and O–H groups in total. The van der Waals surface area contributed by atoms with E-state index >= 15 is 0 Å². The zero-order valence-corrected chi connectivity index (χ0v) is 9.62. The molecule has 0 bridgehead atoms. The fraction of sp³-hybridized carbons (Fsp3) is 0.667. The number of furan rings is 1. The molecule has 0 radical (unpaired) electrons. The average molecular weight is 208 g/mol. The molecule has 0 amide bonds. The van der Waals surface area contributed by atoms with Crippen LogP contribution in [-0.4, -0.2) is 31.6 Å². The molecule has 0 spiro atoms. The highest BCUT2D eigenvalue weighted by Crippen LogP contribution is 2.13. The predicted octanol–water partition coefficient (Wildman–Crippen LogP) is 1.63. The Bertz CT molecular complexity index is 304. The van der Waals surface area contributed by atoms with E-state index in [1.807, 2.05) is 6.92 Å². The monoisotopic (exact) mass is 208 g/mol. The van der Waals surface area contributed by atoms with E-state index in [0.29, 0.717) is 0 Å². The van der Waals surface area contributed by atoms with E-state index in [1.165, 1.54) is 31.6 Å². The van der Waals surface area contributed by atoms with E-state index in [1.54, 1.807) is 6.26 Å². The molecule has 0 unspecified atom stereocenters. The third-order valence-corrected chi connectivity index (χ3v) is 3.19.